The number of benzene rings is 1. The summed E-state index contributed by atoms with van der Waals surface area (Å²) in [5.74, 6) is 0.123. The fourth-order valence-electron chi connectivity index (χ4n) is 1.81. The molecule has 0 radical (unpaired) electrons. The molecule has 1 amide bonds. The van der Waals surface area contributed by atoms with E-state index >= 15 is 0 Å². The number of carbonyl (C=O) groups excluding carboxylic acids is 1. The maximum atomic E-state index is 12.3. The lowest BCUT2D eigenvalue weighted by atomic mass is 10.1. The number of hydrogen-bond acceptors (Lipinski definition) is 2. The van der Waals surface area contributed by atoms with Crippen molar-refractivity contribution in [3.8, 4) is 0 Å². The maximum absolute atomic E-state index is 12.3. The molecule has 98 valence electrons. The van der Waals surface area contributed by atoms with Gasteiger partial charge in [0.25, 0.3) is 0 Å². The van der Waals surface area contributed by atoms with Gasteiger partial charge in [-0.15, -0.1) is 11.8 Å². The number of hydrogen-bond donors (Lipinski definition) is 1. The van der Waals surface area contributed by atoms with Crippen molar-refractivity contribution >= 4 is 49.5 Å². The summed E-state index contributed by atoms with van der Waals surface area (Å²) in [6, 6.07) is 8.24. The van der Waals surface area contributed by atoms with Crippen molar-refractivity contribution in [2.24, 2.45) is 0 Å². The topological polar surface area (TPSA) is 29.1 Å². The van der Waals surface area contributed by atoms with Crippen molar-refractivity contribution < 1.29 is 4.79 Å². The number of halogens is 2. The van der Waals surface area contributed by atoms with E-state index < -0.39 is 0 Å². The molecule has 5 heteroatoms. The molecule has 0 saturated carbocycles. The Hall–Kier alpha value is -0.0000000000000000555. The van der Waals surface area contributed by atoms with E-state index in [1.165, 1.54) is 10.5 Å². The van der Waals surface area contributed by atoms with E-state index in [0.717, 1.165) is 17.1 Å². The Bertz CT molecular complexity index is 423. The van der Waals surface area contributed by atoms with Crippen LogP contribution in [0.2, 0.25) is 0 Å². The first kappa shape index (κ1) is 14.4. The minimum absolute atomic E-state index is 0.000162. The minimum atomic E-state index is -0.230. The van der Waals surface area contributed by atoms with Crippen molar-refractivity contribution in [2.75, 3.05) is 10.7 Å². The Morgan fingerprint density at radius 1 is 1.44 bits per heavy atom. The molecule has 1 heterocycles. The molecule has 0 aliphatic carbocycles. The van der Waals surface area contributed by atoms with E-state index in [2.05, 4.69) is 49.3 Å². The first-order chi connectivity index (χ1) is 8.58. The molecule has 2 nitrogen and oxygen atoms in total. The van der Waals surface area contributed by atoms with Crippen molar-refractivity contribution in [2.45, 2.75) is 29.0 Å². The van der Waals surface area contributed by atoms with Gasteiger partial charge in [0, 0.05) is 15.6 Å². The smallest absolute Gasteiger partial charge is 0.234 e. The van der Waals surface area contributed by atoms with Crippen LogP contribution < -0.4 is 5.32 Å². The van der Waals surface area contributed by atoms with E-state index in [4.69, 9.17) is 0 Å². The fraction of sp³-hybridized carbons (Fsp3) is 0.462. The van der Waals surface area contributed by atoms with Gasteiger partial charge in [-0.2, -0.15) is 0 Å². The van der Waals surface area contributed by atoms with Gasteiger partial charge in [0.15, 0.2) is 0 Å². The number of nitrogens with one attached hydrogen (secondary N) is 1. The standard InChI is InChI=1S/C13H15Br2NOS/c1-13(7-14,8-15)16-12(17)11-6-9-4-2-3-5-10(9)18-11/h2-5,11H,6-8H2,1H3,(H,16,17). The van der Waals surface area contributed by atoms with Gasteiger partial charge in [0.2, 0.25) is 5.91 Å². The van der Waals surface area contributed by atoms with Crippen molar-refractivity contribution in [3.63, 3.8) is 0 Å². The minimum Gasteiger partial charge on any atom is -0.348 e. The average molecular weight is 393 g/mol. The second-order valence-corrected chi connectivity index (χ2v) is 7.10. The third-order valence-corrected chi connectivity index (χ3v) is 6.75. The van der Waals surface area contributed by atoms with E-state index in [1.807, 2.05) is 19.1 Å². The largest absolute Gasteiger partial charge is 0.348 e. The molecule has 0 saturated heterocycles. The Labute approximate surface area is 129 Å². The highest BCUT2D eigenvalue weighted by Gasteiger charge is 2.32. The average Bonchev–Trinajstić information content (AvgIpc) is 2.82. The lowest BCUT2D eigenvalue weighted by Gasteiger charge is -2.27. The Kier molecular flexibility index (Phi) is 4.78. The van der Waals surface area contributed by atoms with Gasteiger partial charge in [-0.3, -0.25) is 4.79 Å². The maximum Gasteiger partial charge on any atom is 0.234 e. The molecular formula is C13H15Br2NOS. The van der Waals surface area contributed by atoms with E-state index in [9.17, 15) is 4.79 Å². The Morgan fingerprint density at radius 3 is 2.72 bits per heavy atom. The van der Waals surface area contributed by atoms with Crippen LogP contribution in [0.4, 0.5) is 0 Å². The van der Waals surface area contributed by atoms with Crippen LogP contribution in [0.15, 0.2) is 29.2 Å². The third kappa shape index (κ3) is 3.11. The van der Waals surface area contributed by atoms with Gasteiger partial charge in [-0.25, -0.2) is 0 Å². The molecule has 1 atom stereocenters. The van der Waals surface area contributed by atoms with Crippen LogP contribution in [0.25, 0.3) is 0 Å². The van der Waals surface area contributed by atoms with E-state index in [0.29, 0.717) is 0 Å². The van der Waals surface area contributed by atoms with Gasteiger partial charge in [-0.05, 0) is 25.0 Å². The van der Waals surface area contributed by atoms with Crippen LogP contribution in [0, 0.1) is 0 Å². The molecule has 1 N–H and O–H groups in total. The van der Waals surface area contributed by atoms with Gasteiger partial charge >= 0.3 is 0 Å². The Morgan fingerprint density at radius 2 is 2.11 bits per heavy atom. The highest BCUT2D eigenvalue weighted by atomic mass is 79.9. The molecule has 1 aliphatic heterocycles. The lowest BCUT2D eigenvalue weighted by Crippen LogP contribution is -2.51. The molecule has 1 aromatic carbocycles. The predicted molar refractivity (Wildman–Crippen MR) is 83.9 cm³/mol. The van der Waals surface area contributed by atoms with Gasteiger partial charge in [0.05, 0.1) is 10.8 Å². The number of thioether (sulfide) groups is 1. The van der Waals surface area contributed by atoms with Crippen molar-refractivity contribution in [1.82, 2.24) is 5.32 Å². The molecule has 18 heavy (non-hydrogen) atoms. The summed E-state index contributed by atoms with van der Waals surface area (Å²) < 4.78 is 0. The summed E-state index contributed by atoms with van der Waals surface area (Å²) in [7, 11) is 0. The third-order valence-electron chi connectivity index (χ3n) is 2.95. The Balaban J connectivity index is 2.01. The summed E-state index contributed by atoms with van der Waals surface area (Å²) in [6.45, 7) is 2.03. The molecule has 0 fully saturated rings. The SMILES string of the molecule is CC(CBr)(CBr)NC(=O)C1Cc2ccccc2S1. The normalized spacial score (nSPS) is 18.5. The number of rotatable bonds is 4. The summed E-state index contributed by atoms with van der Waals surface area (Å²) >= 11 is 8.56. The summed E-state index contributed by atoms with van der Waals surface area (Å²) in [5, 5.41) is 4.59. The highest BCUT2D eigenvalue weighted by Crippen LogP contribution is 2.37. The molecule has 0 aromatic heterocycles. The van der Waals surface area contributed by atoms with Crippen molar-refractivity contribution in [1.29, 1.82) is 0 Å². The van der Waals surface area contributed by atoms with Crippen LogP contribution in [0.5, 0.6) is 0 Å². The van der Waals surface area contributed by atoms with Crippen LogP contribution >= 0.6 is 43.6 Å². The van der Waals surface area contributed by atoms with Gasteiger partial charge in [-0.1, -0.05) is 50.1 Å². The van der Waals surface area contributed by atoms with Crippen LogP contribution in [-0.2, 0) is 11.2 Å². The number of carbonyl (C=O) groups is 1. The van der Waals surface area contributed by atoms with Crippen LogP contribution in [0.1, 0.15) is 12.5 Å². The zero-order chi connectivity index (χ0) is 13.2. The summed E-state index contributed by atoms with van der Waals surface area (Å²) in [6.07, 6.45) is 0.827. The molecule has 0 spiro atoms. The van der Waals surface area contributed by atoms with Crippen LogP contribution in [-0.4, -0.2) is 27.4 Å². The predicted octanol–water partition coefficient (Wildman–Crippen LogP) is 3.37. The monoisotopic (exact) mass is 391 g/mol. The van der Waals surface area contributed by atoms with Gasteiger partial charge < -0.3 is 5.32 Å². The first-order valence-electron chi connectivity index (χ1n) is 5.76. The lowest BCUT2D eigenvalue weighted by molar-refractivity contribution is -0.121. The van der Waals surface area contributed by atoms with Crippen LogP contribution in [0.3, 0.4) is 0 Å². The molecule has 0 bridgehead atoms. The zero-order valence-corrected chi connectivity index (χ0v) is 14.1. The van der Waals surface area contributed by atoms with Crippen molar-refractivity contribution in [3.05, 3.63) is 29.8 Å². The first-order valence-corrected chi connectivity index (χ1v) is 8.89. The number of fused-ring (bicyclic) bond motifs is 1. The van der Waals surface area contributed by atoms with E-state index in [1.54, 1.807) is 11.8 Å². The second kappa shape index (κ2) is 5.97. The molecule has 1 unspecified atom stereocenters. The fourth-order valence-corrected chi connectivity index (χ4v) is 4.21. The second-order valence-electron chi connectivity index (χ2n) is 4.74. The zero-order valence-electron chi connectivity index (χ0n) is 10.1. The van der Waals surface area contributed by atoms with E-state index in [-0.39, 0.29) is 16.7 Å². The van der Waals surface area contributed by atoms with Gasteiger partial charge in [0.1, 0.15) is 0 Å². The molecule has 1 aliphatic rings. The quantitative estimate of drug-likeness (QED) is 0.796. The molecular weight excluding hydrogens is 378 g/mol. The molecule has 2 rings (SSSR count). The highest BCUT2D eigenvalue weighted by molar-refractivity contribution is 9.09. The number of amides is 1. The summed E-state index contributed by atoms with van der Waals surface area (Å²) in [4.78, 5) is 13.5. The molecule has 1 aromatic rings. The number of alkyl halides is 2. The summed E-state index contributed by atoms with van der Waals surface area (Å²) in [5.41, 5.74) is 1.05.